The van der Waals surface area contributed by atoms with Crippen molar-refractivity contribution in [3.05, 3.63) is 101 Å². The van der Waals surface area contributed by atoms with E-state index in [0.717, 1.165) is 30.5 Å². The van der Waals surface area contributed by atoms with E-state index < -0.39 is 0 Å². The second-order valence-electron chi connectivity index (χ2n) is 7.57. The number of carbonyl (C=O) groups is 1. The normalized spacial score (nSPS) is 11.2. The van der Waals surface area contributed by atoms with Crippen LogP contribution in [-0.4, -0.2) is 28.5 Å². The molecule has 0 unspecified atom stereocenters. The zero-order chi connectivity index (χ0) is 21.6. The largest absolute Gasteiger partial charge is 0.490 e. The fourth-order valence-electron chi connectivity index (χ4n) is 3.73. The van der Waals surface area contributed by atoms with Gasteiger partial charge in [0, 0.05) is 37.0 Å². The molecular weight excluding hydrogens is 408 g/mol. The van der Waals surface area contributed by atoms with Gasteiger partial charge < -0.3 is 4.74 Å². The van der Waals surface area contributed by atoms with Crippen LogP contribution >= 0.6 is 11.6 Å². The highest BCUT2D eigenvalue weighted by Gasteiger charge is 2.14. The molecule has 0 spiro atoms. The van der Waals surface area contributed by atoms with Gasteiger partial charge >= 0.3 is 0 Å². The Morgan fingerprint density at radius 2 is 1.55 bits per heavy atom. The minimum Gasteiger partial charge on any atom is -0.490 e. The number of ether oxygens (including phenoxy) is 1. The SMILES string of the molecule is CC(=O)n1cc(OCCN(Cc2ccccc2)Cc2ccccc2)c2cc(Cl)ccc21. The minimum atomic E-state index is -0.0584. The van der Waals surface area contributed by atoms with Crippen LogP contribution in [0, 0.1) is 0 Å². The van der Waals surface area contributed by atoms with Gasteiger partial charge in [-0.3, -0.25) is 14.3 Å². The Bertz CT molecular complexity index is 1110. The van der Waals surface area contributed by atoms with E-state index in [1.54, 1.807) is 23.8 Å². The molecule has 0 saturated carbocycles. The molecule has 4 nitrogen and oxygen atoms in total. The predicted molar refractivity (Wildman–Crippen MR) is 126 cm³/mol. The first-order chi connectivity index (χ1) is 15.1. The smallest absolute Gasteiger partial charge is 0.228 e. The molecular formula is C26H25ClN2O2. The summed E-state index contributed by atoms with van der Waals surface area (Å²) < 4.78 is 7.74. The number of fused-ring (bicyclic) bond motifs is 1. The van der Waals surface area contributed by atoms with Crippen molar-refractivity contribution in [2.45, 2.75) is 20.0 Å². The van der Waals surface area contributed by atoms with E-state index in [9.17, 15) is 4.79 Å². The summed E-state index contributed by atoms with van der Waals surface area (Å²) in [5.41, 5.74) is 3.33. The topological polar surface area (TPSA) is 34.5 Å². The highest BCUT2D eigenvalue weighted by atomic mass is 35.5. The molecule has 0 bridgehead atoms. The van der Waals surface area contributed by atoms with Crippen LogP contribution in [0.1, 0.15) is 22.8 Å². The van der Waals surface area contributed by atoms with Gasteiger partial charge in [0.1, 0.15) is 12.4 Å². The van der Waals surface area contributed by atoms with E-state index in [1.807, 2.05) is 24.3 Å². The number of benzene rings is 3. The number of carbonyl (C=O) groups excluding carboxylic acids is 1. The molecule has 31 heavy (non-hydrogen) atoms. The van der Waals surface area contributed by atoms with Gasteiger partial charge in [0.05, 0.1) is 11.7 Å². The molecule has 0 radical (unpaired) electrons. The summed E-state index contributed by atoms with van der Waals surface area (Å²) in [7, 11) is 0. The van der Waals surface area contributed by atoms with Gasteiger partial charge in [-0.1, -0.05) is 72.3 Å². The average Bonchev–Trinajstić information content (AvgIpc) is 3.13. The van der Waals surface area contributed by atoms with Gasteiger partial charge in [-0.15, -0.1) is 0 Å². The first kappa shape index (κ1) is 21.2. The molecule has 0 N–H and O–H groups in total. The predicted octanol–water partition coefficient (Wildman–Crippen LogP) is 6.04. The van der Waals surface area contributed by atoms with Gasteiger partial charge in [0.25, 0.3) is 0 Å². The van der Waals surface area contributed by atoms with E-state index in [2.05, 4.69) is 53.4 Å². The second-order valence-corrected chi connectivity index (χ2v) is 8.01. The molecule has 1 heterocycles. The Morgan fingerprint density at radius 3 is 2.13 bits per heavy atom. The van der Waals surface area contributed by atoms with Crippen molar-refractivity contribution in [1.82, 2.24) is 9.47 Å². The number of rotatable bonds is 8. The van der Waals surface area contributed by atoms with E-state index in [-0.39, 0.29) is 5.91 Å². The molecule has 0 saturated heterocycles. The molecule has 0 aliphatic carbocycles. The minimum absolute atomic E-state index is 0.0584. The average molecular weight is 433 g/mol. The molecule has 0 amide bonds. The summed E-state index contributed by atoms with van der Waals surface area (Å²) in [5, 5.41) is 1.47. The molecule has 1 aromatic heterocycles. The molecule has 5 heteroatoms. The van der Waals surface area contributed by atoms with Crippen molar-refractivity contribution >= 4 is 28.4 Å². The van der Waals surface area contributed by atoms with Crippen LogP contribution in [0.5, 0.6) is 5.75 Å². The zero-order valence-corrected chi connectivity index (χ0v) is 18.3. The lowest BCUT2D eigenvalue weighted by atomic mass is 10.1. The van der Waals surface area contributed by atoms with Crippen molar-refractivity contribution < 1.29 is 9.53 Å². The third-order valence-electron chi connectivity index (χ3n) is 5.23. The van der Waals surface area contributed by atoms with Crippen LogP contribution in [-0.2, 0) is 13.1 Å². The van der Waals surface area contributed by atoms with Crippen molar-refractivity contribution in [3.8, 4) is 5.75 Å². The molecule has 0 atom stereocenters. The van der Waals surface area contributed by atoms with Gasteiger partial charge in [-0.25, -0.2) is 0 Å². The summed E-state index contributed by atoms with van der Waals surface area (Å²) in [5.74, 6) is 0.615. The fourth-order valence-corrected chi connectivity index (χ4v) is 3.90. The standard InChI is InChI=1S/C26H25ClN2O2/c1-20(30)29-19-26(24-16-23(27)12-13-25(24)29)31-15-14-28(17-21-8-4-2-5-9-21)18-22-10-6-3-7-11-22/h2-13,16,19H,14-15,17-18H2,1H3. The Morgan fingerprint density at radius 1 is 0.935 bits per heavy atom. The third kappa shape index (κ3) is 5.35. The van der Waals surface area contributed by atoms with Crippen LogP contribution in [0.2, 0.25) is 5.02 Å². The highest BCUT2D eigenvalue weighted by molar-refractivity contribution is 6.31. The Hall–Kier alpha value is -3.08. The van der Waals surface area contributed by atoms with Crippen molar-refractivity contribution in [1.29, 1.82) is 0 Å². The number of nitrogens with zero attached hydrogens (tertiary/aromatic N) is 2. The quantitative estimate of drug-likeness (QED) is 0.340. The van der Waals surface area contributed by atoms with Crippen molar-refractivity contribution in [2.24, 2.45) is 0 Å². The molecule has 0 fully saturated rings. The van der Waals surface area contributed by atoms with E-state index >= 15 is 0 Å². The third-order valence-corrected chi connectivity index (χ3v) is 5.47. The number of halogens is 1. The van der Waals surface area contributed by atoms with E-state index in [1.165, 1.54) is 11.1 Å². The van der Waals surface area contributed by atoms with Crippen LogP contribution < -0.4 is 4.74 Å². The fraction of sp³-hybridized carbons (Fsp3) is 0.192. The monoisotopic (exact) mass is 432 g/mol. The molecule has 0 aliphatic heterocycles. The molecule has 0 aliphatic rings. The maximum Gasteiger partial charge on any atom is 0.228 e. The zero-order valence-electron chi connectivity index (χ0n) is 17.5. The Labute approximate surface area is 187 Å². The summed E-state index contributed by atoms with van der Waals surface area (Å²) in [4.78, 5) is 14.4. The lowest BCUT2D eigenvalue weighted by Crippen LogP contribution is -2.27. The Balaban J connectivity index is 1.49. The Kier molecular flexibility index (Phi) is 6.70. The lowest BCUT2D eigenvalue weighted by Gasteiger charge is -2.22. The number of hydrogen-bond donors (Lipinski definition) is 0. The summed E-state index contributed by atoms with van der Waals surface area (Å²) in [6, 6.07) is 26.4. The summed E-state index contributed by atoms with van der Waals surface area (Å²) in [6.07, 6.45) is 1.75. The lowest BCUT2D eigenvalue weighted by molar-refractivity contribution is 0.0940. The van der Waals surface area contributed by atoms with Crippen molar-refractivity contribution in [2.75, 3.05) is 13.2 Å². The van der Waals surface area contributed by atoms with Crippen LogP contribution in [0.4, 0.5) is 0 Å². The number of aromatic nitrogens is 1. The van der Waals surface area contributed by atoms with Gasteiger partial charge in [0.2, 0.25) is 5.91 Å². The van der Waals surface area contributed by atoms with Gasteiger partial charge in [-0.05, 0) is 29.3 Å². The van der Waals surface area contributed by atoms with E-state index in [0.29, 0.717) is 17.4 Å². The molecule has 4 rings (SSSR count). The summed E-state index contributed by atoms with van der Waals surface area (Å²) >= 11 is 6.19. The molecule has 158 valence electrons. The van der Waals surface area contributed by atoms with Gasteiger partial charge in [0.15, 0.2) is 0 Å². The summed E-state index contributed by atoms with van der Waals surface area (Å²) in [6.45, 7) is 4.46. The number of hydrogen-bond acceptors (Lipinski definition) is 3. The van der Waals surface area contributed by atoms with E-state index in [4.69, 9.17) is 16.3 Å². The maximum atomic E-state index is 12.0. The van der Waals surface area contributed by atoms with Crippen LogP contribution in [0.25, 0.3) is 10.9 Å². The molecule has 4 aromatic rings. The van der Waals surface area contributed by atoms with Crippen LogP contribution in [0.3, 0.4) is 0 Å². The first-order valence-corrected chi connectivity index (χ1v) is 10.7. The van der Waals surface area contributed by atoms with Crippen LogP contribution in [0.15, 0.2) is 85.1 Å². The highest BCUT2D eigenvalue weighted by Crippen LogP contribution is 2.30. The van der Waals surface area contributed by atoms with Gasteiger partial charge in [-0.2, -0.15) is 0 Å². The van der Waals surface area contributed by atoms with Crippen molar-refractivity contribution in [3.63, 3.8) is 0 Å². The first-order valence-electron chi connectivity index (χ1n) is 10.3. The second kappa shape index (κ2) is 9.82. The molecule has 3 aromatic carbocycles. The maximum absolute atomic E-state index is 12.0.